The summed E-state index contributed by atoms with van der Waals surface area (Å²) in [6.45, 7) is 6.66. The first kappa shape index (κ1) is 12.0. The summed E-state index contributed by atoms with van der Waals surface area (Å²) in [7, 11) is 0. The van der Waals surface area contributed by atoms with Gasteiger partial charge < -0.3 is 4.74 Å². The predicted octanol–water partition coefficient (Wildman–Crippen LogP) is 4.16. The van der Waals surface area contributed by atoms with Crippen LogP contribution >= 0.6 is 0 Å². The molecule has 1 rings (SSSR count). The van der Waals surface area contributed by atoms with Gasteiger partial charge in [-0.05, 0) is 24.7 Å². The van der Waals surface area contributed by atoms with Crippen molar-refractivity contribution in [3.8, 4) is 0 Å². The largest absolute Gasteiger partial charge is 0.381 e. The number of unbranched alkanes of at least 4 members (excludes halogenated alkanes) is 4. The predicted molar refractivity (Wildman–Crippen MR) is 61.5 cm³/mol. The van der Waals surface area contributed by atoms with Crippen LogP contribution in [-0.4, -0.2) is 13.2 Å². The van der Waals surface area contributed by atoms with Crippen LogP contribution < -0.4 is 0 Å². The highest BCUT2D eigenvalue weighted by Gasteiger charge is 2.26. The quantitative estimate of drug-likeness (QED) is 0.582. The molecule has 0 saturated carbocycles. The smallest absolute Gasteiger partial charge is 0.0519 e. The monoisotopic (exact) mass is 198 g/mol. The normalized spacial score (nSPS) is 27.9. The lowest BCUT2D eigenvalue weighted by Gasteiger charge is -2.33. The third-order valence-corrected chi connectivity index (χ3v) is 3.40. The van der Waals surface area contributed by atoms with E-state index < -0.39 is 0 Å². The third kappa shape index (κ3) is 4.45. The van der Waals surface area contributed by atoms with Crippen molar-refractivity contribution in [2.24, 2.45) is 5.41 Å². The maximum Gasteiger partial charge on any atom is 0.0519 e. The lowest BCUT2D eigenvalue weighted by atomic mass is 9.80. The highest BCUT2D eigenvalue weighted by atomic mass is 16.5. The van der Waals surface area contributed by atoms with E-state index in [1.165, 1.54) is 51.4 Å². The molecule has 0 aliphatic carbocycles. The van der Waals surface area contributed by atoms with Gasteiger partial charge in [0.1, 0.15) is 0 Å². The van der Waals surface area contributed by atoms with E-state index in [0.29, 0.717) is 5.41 Å². The zero-order valence-electron chi connectivity index (χ0n) is 9.98. The second-order valence-electron chi connectivity index (χ2n) is 5.13. The standard InChI is InChI=1S/C13H26O/c1-3-4-5-6-7-9-13(2)10-8-11-14-12-13/h3-12H2,1-2H3. The minimum Gasteiger partial charge on any atom is -0.381 e. The van der Waals surface area contributed by atoms with Crippen LogP contribution in [0.5, 0.6) is 0 Å². The molecule has 1 nitrogen and oxygen atoms in total. The summed E-state index contributed by atoms with van der Waals surface area (Å²) in [6, 6.07) is 0. The van der Waals surface area contributed by atoms with E-state index in [9.17, 15) is 0 Å². The van der Waals surface area contributed by atoms with E-state index in [0.717, 1.165) is 13.2 Å². The Morgan fingerprint density at radius 2 is 1.93 bits per heavy atom. The van der Waals surface area contributed by atoms with Gasteiger partial charge in [0.2, 0.25) is 0 Å². The Bertz CT molecular complexity index is 136. The van der Waals surface area contributed by atoms with E-state index in [1.807, 2.05) is 0 Å². The van der Waals surface area contributed by atoms with Gasteiger partial charge >= 0.3 is 0 Å². The van der Waals surface area contributed by atoms with Crippen LogP contribution in [0.2, 0.25) is 0 Å². The molecular weight excluding hydrogens is 172 g/mol. The average Bonchev–Trinajstić information content (AvgIpc) is 2.18. The van der Waals surface area contributed by atoms with Gasteiger partial charge in [-0.3, -0.25) is 0 Å². The first-order chi connectivity index (χ1) is 6.77. The van der Waals surface area contributed by atoms with Crippen LogP contribution in [0.1, 0.15) is 65.2 Å². The Balaban J connectivity index is 2.03. The van der Waals surface area contributed by atoms with Crippen LogP contribution in [0.4, 0.5) is 0 Å². The van der Waals surface area contributed by atoms with Gasteiger partial charge in [0.05, 0.1) is 6.61 Å². The lowest BCUT2D eigenvalue weighted by Crippen LogP contribution is -2.28. The molecule has 0 aromatic carbocycles. The Hall–Kier alpha value is -0.0400. The van der Waals surface area contributed by atoms with E-state index in [1.54, 1.807) is 0 Å². The number of hydrogen-bond acceptors (Lipinski definition) is 1. The molecule has 0 aromatic heterocycles. The molecule has 84 valence electrons. The first-order valence-electron chi connectivity index (χ1n) is 6.35. The van der Waals surface area contributed by atoms with Crippen molar-refractivity contribution in [3.05, 3.63) is 0 Å². The number of ether oxygens (including phenoxy) is 1. The Morgan fingerprint density at radius 3 is 2.57 bits per heavy atom. The summed E-state index contributed by atoms with van der Waals surface area (Å²) in [5, 5.41) is 0. The highest BCUT2D eigenvalue weighted by molar-refractivity contribution is 4.76. The Kier molecular flexibility index (Phi) is 5.54. The van der Waals surface area contributed by atoms with Crippen LogP contribution in [0.15, 0.2) is 0 Å². The van der Waals surface area contributed by atoms with Gasteiger partial charge in [0, 0.05) is 6.61 Å². The van der Waals surface area contributed by atoms with Crippen LogP contribution in [0.25, 0.3) is 0 Å². The number of hydrogen-bond donors (Lipinski definition) is 0. The first-order valence-corrected chi connectivity index (χ1v) is 6.35. The SMILES string of the molecule is CCCCCCCC1(C)CCCOC1. The van der Waals surface area contributed by atoms with Crippen molar-refractivity contribution in [1.82, 2.24) is 0 Å². The molecule has 1 atom stereocenters. The molecule has 0 radical (unpaired) electrons. The summed E-state index contributed by atoms with van der Waals surface area (Å²) in [4.78, 5) is 0. The van der Waals surface area contributed by atoms with Crippen LogP contribution in [0.3, 0.4) is 0 Å². The molecule has 0 N–H and O–H groups in total. The van der Waals surface area contributed by atoms with Crippen molar-refractivity contribution in [2.45, 2.75) is 65.2 Å². The zero-order chi connectivity index (χ0) is 10.3. The average molecular weight is 198 g/mol. The van der Waals surface area contributed by atoms with Crippen LogP contribution in [-0.2, 0) is 4.74 Å². The van der Waals surface area contributed by atoms with E-state index in [-0.39, 0.29) is 0 Å². The number of rotatable bonds is 6. The van der Waals surface area contributed by atoms with Crippen molar-refractivity contribution < 1.29 is 4.74 Å². The molecule has 1 saturated heterocycles. The van der Waals surface area contributed by atoms with Gasteiger partial charge in [0.15, 0.2) is 0 Å². The van der Waals surface area contributed by atoms with Gasteiger partial charge in [0.25, 0.3) is 0 Å². The minimum absolute atomic E-state index is 0.504. The zero-order valence-corrected chi connectivity index (χ0v) is 9.98. The Morgan fingerprint density at radius 1 is 1.14 bits per heavy atom. The van der Waals surface area contributed by atoms with Crippen LogP contribution in [0, 0.1) is 5.41 Å². The summed E-state index contributed by atoms with van der Waals surface area (Å²) in [5.41, 5.74) is 0.504. The molecule has 0 spiro atoms. The fourth-order valence-corrected chi connectivity index (χ4v) is 2.34. The van der Waals surface area contributed by atoms with Crippen molar-refractivity contribution >= 4 is 0 Å². The van der Waals surface area contributed by atoms with Crippen molar-refractivity contribution in [3.63, 3.8) is 0 Å². The summed E-state index contributed by atoms with van der Waals surface area (Å²) in [5.74, 6) is 0. The molecule has 0 bridgehead atoms. The molecule has 14 heavy (non-hydrogen) atoms. The molecular formula is C13H26O. The Labute approximate surface area is 89.2 Å². The molecule has 0 amide bonds. The maximum absolute atomic E-state index is 5.56. The second-order valence-corrected chi connectivity index (χ2v) is 5.13. The van der Waals surface area contributed by atoms with Crippen molar-refractivity contribution in [1.29, 1.82) is 0 Å². The third-order valence-electron chi connectivity index (χ3n) is 3.40. The highest BCUT2D eigenvalue weighted by Crippen LogP contribution is 2.33. The molecule has 1 aliphatic heterocycles. The lowest BCUT2D eigenvalue weighted by molar-refractivity contribution is -0.00322. The van der Waals surface area contributed by atoms with Gasteiger partial charge in [-0.25, -0.2) is 0 Å². The molecule has 0 aromatic rings. The van der Waals surface area contributed by atoms with Crippen molar-refractivity contribution in [2.75, 3.05) is 13.2 Å². The van der Waals surface area contributed by atoms with E-state index >= 15 is 0 Å². The van der Waals surface area contributed by atoms with E-state index in [2.05, 4.69) is 13.8 Å². The second kappa shape index (κ2) is 6.44. The molecule has 1 unspecified atom stereocenters. The molecule has 1 heteroatoms. The molecule has 1 fully saturated rings. The fraction of sp³-hybridized carbons (Fsp3) is 1.00. The maximum atomic E-state index is 5.56. The topological polar surface area (TPSA) is 9.23 Å². The van der Waals surface area contributed by atoms with Gasteiger partial charge in [-0.15, -0.1) is 0 Å². The molecule has 1 heterocycles. The van der Waals surface area contributed by atoms with Gasteiger partial charge in [-0.2, -0.15) is 0 Å². The van der Waals surface area contributed by atoms with Gasteiger partial charge in [-0.1, -0.05) is 46.0 Å². The fourth-order valence-electron chi connectivity index (χ4n) is 2.34. The summed E-state index contributed by atoms with van der Waals surface area (Å²) in [6.07, 6.45) is 11.0. The minimum atomic E-state index is 0.504. The summed E-state index contributed by atoms with van der Waals surface area (Å²) < 4.78 is 5.56. The van der Waals surface area contributed by atoms with E-state index in [4.69, 9.17) is 4.74 Å². The summed E-state index contributed by atoms with van der Waals surface area (Å²) >= 11 is 0. The molecule has 1 aliphatic rings.